The van der Waals surface area contributed by atoms with Crippen LogP contribution in [0.2, 0.25) is 0 Å². The highest BCUT2D eigenvalue weighted by Gasteiger charge is 2.36. The fraction of sp³-hybridized carbons (Fsp3) is 0.292. The smallest absolute Gasteiger partial charge is 0.294 e. The normalized spacial score (nSPS) is 15.5. The Bertz CT molecular complexity index is 1190. The van der Waals surface area contributed by atoms with E-state index in [1.165, 1.54) is 6.08 Å². The predicted octanol–water partition coefficient (Wildman–Crippen LogP) is 5.35. The number of anilines is 1. The maximum atomic E-state index is 13.8. The molecule has 0 saturated carbocycles. The maximum absolute atomic E-state index is 13.8. The van der Waals surface area contributed by atoms with Gasteiger partial charge in [0.25, 0.3) is 11.1 Å². The van der Waals surface area contributed by atoms with Crippen molar-refractivity contribution in [3.05, 3.63) is 58.3 Å². The summed E-state index contributed by atoms with van der Waals surface area (Å²) in [6, 6.07) is 6.56. The summed E-state index contributed by atoms with van der Waals surface area (Å²) < 4.78 is 51.7. The van der Waals surface area contributed by atoms with Gasteiger partial charge in [0.2, 0.25) is 5.91 Å². The number of thioether (sulfide) groups is 1. The van der Waals surface area contributed by atoms with Crippen molar-refractivity contribution >= 4 is 40.6 Å². The van der Waals surface area contributed by atoms with Crippen molar-refractivity contribution in [3.8, 4) is 11.5 Å². The lowest BCUT2D eigenvalue weighted by atomic mass is 10.1. The molecule has 0 aliphatic carbocycles. The summed E-state index contributed by atoms with van der Waals surface area (Å²) in [7, 11) is 0. The molecule has 7 nitrogen and oxygen atoms in total. The largest absolute Gasteiger partial charge is 0.490 e. The van der Waals surface area contributed by atoms with E-state index in [1.807, 2.05) is 26.1 Å². The van der Waals surface area contributed by atoms with Crippen LogP contribution in [-0.2, 0) is 9.59 Å². The van der Waals surface area contributed by atoms with Gasteiger partial charge in [0.1, 0.15) is 6.54 Å². The number of carbonyl (C=O) groups excluding carboxylic acids is 3. The Kier molecular flexibility index (Phi) is 8.44. The fourth-order valence-corrected chi connectivity index (χ4v) is 3.86. The molecular weight excluding hydrogens is 485 g/mol. The Balaban J connectivity index is 1.74. The average molecular weight is 509 g/mol. The third kappa shape index (κ3) is 6.16. The minimum atomic E-state index is -1.75. The van der Waals surface area contributed by atoms with Gasteiger partial charge in [0, 0.05) is 0 Å². The first-order valence-corrected chi connectivity index (χ1v) is 11.6. The lowest BCUT2D eigenvalue weighted by molar-refractivity contribution is -0.127. The van der Waals surface area contributed by atoms with Gasteiger partial charge in [-0.3, -0.25) is 19.3 Å². The quantitative estimate of drug-likeness (QED) is 0.363. The molecule has 3 rings (SSSR count). The molecule has 1 saturated heterocycles. The van der Waals surface area contributed by atoms with E-state index >= 15 is 0 Å². The van der Waals surface area contributed by atoms with E-state index < -0.39 is 46.7 Å². The minimum Gasteiger partial charge on any atom is -0.490 e. The second kappa shape index (κ2) is 11.3. The molecule has 0 aromatic heterocycles. The van der Waals surface area contributed by atoms with Crippen molar-refractivity contribution in [1.29, 1.82) is 0 Å². The Morgan fingerprint density at radius 1 is 1.11 bits per heavy atom. The summed E-state index contributed by atoms with van der Waals surface area (Å²) in [5.41, 5.74) is -0.0386. The first-order valence-electron chi connectivity index (χ1n) is 10.8. The molecule has 35 heavy (non-hydrogen) atoms. The topological polar surface area (TPSA) is 84.9 Å². The van der Waals surface area contributed by atoms with Crippen molar-refractivity contribution < 1.29 is 37.0 Å². The monoisotopic (exact) mass is 508 g/mol. The third-order valence-corrected chi connectivity index (χ3v) is 5.86. The number of halogens is 3. The van der Waals surface area contributed by atoms with E-state index in [-0.39, 0.29) is 11.0 Å². The standard InChI is InChI=1S/C24H23F3N2O5S/c1-4-13(3)34-17-9-6-14(10-18(17)33-5-2)11-19-23(31)29(24(32)35-19)12-20(30)28-16-8-7-15(25)21(26)22(16)27/h6-11,13H,4-5,12H2,1-3H3,(H,28,30)/b19-11+/t13-/m1/s1. The molecule has 0 radical (unpaired) electrons. The third-order valence-electron chi connectivity index (χ3n) is 4.95. The maximum Gasteiger partial charge on any atom is 0.294 e. The second-order valence-corrected chi connectivity index (χ2v) is 8.51. The number of amides is 3. The zero-order valence-corrected chi connectivity index (χ0v) is 20.0. The fourth-order valence-electron chi connectivity index (χ4n) is 3.02. The molecule has 1 aliphatic heterocycles. The van der Waals surface area contributed by atoms with Crippen LogP contribution < -0.4 is 14.8 Å². The molecular formula is C24H23F3N2O5S. The molecule has 186 valence electrons. The number of ether oxygens (including phenoxy) is 2. The van der Waals surface area contributed by atoms with Crippen LogP contribution in [0.15, 0.2) is 35.2 Å². The number of nitrogens with zero attached hydrogens (tertiary/aromatic N) is 1. The number of benzene rings is 2. The average Bonchev–Trinajstić information content (AvgIpc) is 3.08. The molecule has 2 aromatic carbocycles. The molecule has 1 heterocycles. The number of hydrogen-bond acceptors (Lipinski definition) is 6. The van der Waals surface area contributed by atoms with Crippen LogP contribution in [0.3, 0.4) is 0 Å². The number of imide groups is 1. The molecule has 1 atom stereocenters. The molecule has 1 fully saturated rings. The molecule has 2 aromatic rings. The Morgan fingerprint density at radius 3 is 2.54 bits per heavy atom. The number of hydrogen-bond donors (Lipinski definition) is 1. The predicted molar refractivity (Wildman–Crippen MR) is 126 cm³/mol. The van der Waals surface area contributed by atoms with Gasteiger partial charge in [-0.25, -0.2) is 13.2 Å². The van der Waals surface area contributed by atoms with Gasteiger partial charge in [0.05, 0.1) is 23.3 Å². The van der Waals surface area contributed by atoms with E-state index in [2.05, 4.69) is 0 Å². The SMILES string of the molecule is CCOc1cc(/C=C2/SC(=O)N(CC(=O)Nc3ccc(F)c(F)c3F)C2=O)ccc1O[C@H](C)CC. The van der Waals surface area contributed by atoms with Gasteiger partial charge >= 0.3 is 0 Å². The summed E-state index contributed by atoms with van der Waals surface area (Å²) in [5.74, 6) is -5.39. The highest BCUT2D eigenvalue weighted by Crippen LogP contribution is 2.35. The molecule has 0 bridgehead atoms. The van der Waals surface area contributed by atoms with E-state index in [4.69, 9.17) is 9.47 Å². The van der Waals surface area contributed by atoms with Crippen LogP contribution in [0.25, 0.3) is 6.08 Å². The summed E-state index contributed by atoms with van der Waals surface area (Å²) in [6.07, 6.45) is 2.26. The zero-order valence-electron chi connectivity index (χ0n) is 19.2. The van der Waals surface area contributed by atoms with Crippen molar-refractivity contribution in [2.24, 2.45) is 0 Å². The van der Waals surface area contributed by atoms with Gasteiger partial charge in [-0.2, -0.15) is 0 Å². The van der Waals surface area contributed by atoms with E-state index in [9.17, 15) is 27.6 Å². The lowest BCUT2D eigenvalue weighted by Crippen LogP contribution is -2.36. The number of nitrogens with one attached hydrogen (secondary N) is 1. The lowest BCUT2D eigenvalue weighted by Gasteiger charge is -2.16. The van der Waals surface area contributed by atoms with Gasteiger partial charge in [-0.15, -0.1) is 0 Å². The highest BCUT2D eigenvalue weighted by atomic mass is 32.2. The van der Waals surface area contributed by atoms with E-state index in [0.29, 0.717) is 46.4 Å². The van der Waals surface area contributed by atoms with Crippen molar-refractivity contribution in [3.63, 3.8) is 0 Å². The molecule has 1 aliphatic rings. The Hall–Kier alpha value is -3.47. The van der Waals surface area contributed by atoms with Gasteiger partial charge < -0.3 is 14.8 Å². The molecule has 1 N–H and O–H groups in total. The van der Waals surface area contributed by atoms with Gasteiger partial charge in [-0.05, 0) is 67.9 Å². The van der Waals surface area contributed by atoms with Crippen LogP contribution in [0.5, 0.6) is 11.5 Å². The van der Waals surface area contributed by atoms with E-state index in [0.717, 1.165) is 12.5 Å². The van der Waals surface area contributed by atoms with Crippen LogP contribution in [0.4, 0.5) is 23.7 Å². The number of rotatable bonds is 9. The van der Waals surface area contributed by atoms with Crippen LogP contribution >= 0.6 is 11.8 Å². The number of carbonyl (C=O) groups is 3. The first-order chi connectivity index (χ1) is 16.6. The highest BCUT2D eigenvalue weighted by molar-refractivity contribution is 8.18. The van der Waals surface area contributed by atoms with Crippen molar-refractivity contribution in [2.75, 3.05) is 18.5 Å². The van der Waals surface area contributed by atoms with Gasteiger partial charge in [0.15, 0.2) is 29.0 Å². The molecule has 11 heteroatoms. The summed E-state index contributed by atoms with van der Waals surface area (Å²) in [6.45, 7) is 5.40. The summed E-state index contributed by atoms with van der Waals surface area (Å²) in [5, 5.41) is 1.33. The molecule has 3 amide bonds. The van der Waals surface area contributed by atoms with Crippen molar-refractivity contribution in [2.45, 2.75) is 33.3 Å². The zero-order chi connectivity index (χ0) is 25.7. The molecule has 0 spiro atoms. The van der Waals surface area contributed by atoms with Crippen LogP contribution in [-0.4, -0.2) is 41.2 Å². The first kappa shape index (κ1) is 26.1. The summed E-state index contributed by atoms with van der Waals surface area (Å²) in [4.78, 5) is 38.1. The second-order valence-electron chi connectivity index (χ2n) is 7.51. The minimum absolute atomic E-state index is 0.0254. The van der Waals surface area contributed by atoms with Crippen LogP contribution in [0, 0.1) is 17.5 Å². The summed E-state index contributed by atoms with van der Waals surface area (Å²) >= 11 is 0.633. The Labute approximate surface area is 204 Å². The molecule has 0 unspecified atom stereocenters. The van der Waals surface area contributed by atoms with E-state index in [1.54, 1.807) is 18.2 Å². The van der Waals surface area contributed by atoms with Crippen LogP contribution in [0.1, 0.15) is 32.8 Å². The van der Waals surface area contributed by atoms with Crippen molar-refractivity contribution in [1.82, 2.24) is 4.90 Å². The Morgan fingerprint density at radius 2 is 1.86 bits per heavy atom. The van der Waals surface area contributed by atoms with Gasteiger partial charge in [-0.1, -0.05) is 13.0 Å².